The molecule has 0 bridgehead atoms. The van der Waals surface area contributed by atoms with E-state index in [9.17, 15) is 4.79 Å². The Morgan fingerprint density at radius 3 is 2.63 bits per heavy atom. The second kappa shape index (κ2) is 7.88. The molecule has 1 saturated heterocycles. The number of anilines is 1. The number of para-hydroxylation sites is 1. The standard InChI is InChI=1S/C21H24N2O4/c1-16-4-2-3-5-18(16)22-8-10-23(11-9-22)21(24)14-25-13-17-6-7-19-20(12-17)27-15-26-19/h2-7,12H,8-11,13-15H2,1H3. The number of hydrogen-bond acceptors (Lipinski definition) is 5. The van der Waals surface area contributed by atoms with Crippen molar-refractivity contribution >= 4 is 11.6 Å². The maximum atomic E-state index is 12.4. The molecule has 6 heteroatoms. The first-order chi connectivity index (χ1) is 13.2. The average Bonchev–Trinajstić information content (AvgIpc) is 3.16. The molecule has 2 aromatic carbocycles. The first-order valence-corrected chi connectivity index (χ1v) is 9.25. The monoisotopic (exact) mass is 368 g/mol. The smallest absolute Gasteiger partial charge is 0.248 e. The predicted molar refractivity (Wildman–Crippen MR) is 102 cm³/mol. The lowest BCUT2D eigenvalue weighted by molar-refractivity contribution is -0.136. The Bertz CT molecular complexity index is 816. The minimum Gasteiger partial charge on any atom is -0.454 e. The molecule has 2 aliphatic heterocycles. The molecule has 0 atom stereocenters. The van der Waals surface area contributed by atoms with Crippen molar-refractivity contribution in [3.63, 3.8) is 0 Å². The quantitative estimate of drug-likeness (QED) is 0.812. The van der Waals surface area contributed by atoms with Gasteiger partial charge in [-0.05, 0) is 36.2 Å². The number of carbonyl (C=O) groups is 1. The average molecular weight is 368 g/mol. The highest BCUT2D eigenvalue weighted by molar-refractivity contribution is 5.77. The van der Waals surface area contributed by atoms with E-state index in [1.165, 1.54) is 11.3 Å². The van der Waals surface area contributed by atoms with Crippen LogP contribution in [0.1, 0.15) is 11.1 Å². The molecule has 0 aliphatic carbocycles. The molecular formula is C21H24N2O4. The van der Waals surface area contributed by atoms with Crippen molar-refractivity contribution in [2.75, 3.05) is 44.5 Å². The third-order valence-corrected chi connectivity index (χ3v) is 5.02. The molecule has 142 valence electrons. The molecule has 4 rings (SSSR count). The van der Waals surface area contributed by atoms with Crippen LogP contribution in [0.25, 0.3) is 0 Å². The molecule has 0 N–H and O–H groups in total. The van der Waals surface area contributed by atoms with Gasteiger partial charge >= 0.3 is 0 Å². The summed E-state index contributed by atoms with van der Waals surface area (Å²) in [6.07, 6.45) is 0. The zero-order chi connectivity index (χ0) is 18.6. The molecule has 2 heterocycles. The molecule has 0 saturated carbocycles. The summed E-state index contributed by atoms with van der Waals surface area (Å²) in [7, 11) is 0. The van der Waals surface area contributed by atoms with Crippen LogP contribution < -0.4 is 14.4 Å². The van der Waals surface area contributed by atoms with Crippen molar-refractivity contribution in [1.29, 1.82) is 0 Å². The Balaban J connectivity index is 1.23. The summed E-state index contributed by atoms with van der Waals surface area (Å²) in [4.78, 5) is 16.6. The Morgan fingerprint density at radius 1 is 1.04 bits per heavy atom. The Kier molecular flexibility index (Phi) is 5.16. The first-order valence-electron chi connectivity index (χ1n) is 9.25. The number of amides is 1. The summed E-state index contributed by atoms with van der Waals surface area (Å²) in [6, 6.07) is 14.1. The van der Waals surface area contributed by atoms with Crippen molar-refractivity contribution in [2.24, 2.45) is 0 Å². The number of hydrogen-bond donors (Lipinski definition) is 0. The minimum atomic E-state index is 0.0418. The van der Waals surface area contributed by atoms with Crippen molar-refractivity contribution in [3.05, 3.63) is 53.6 Å². The van der Waals surface area contributed by atoms with Gasteiger partial charge in [-0.15, -0.1) is 0 Å². The van der Waals surface area contributed by atoms with Crippen LogP contribution in [0.3, 0.4) is 0 Å². The summed E-state index contributed by atoms with van der Waals surface area (Å²) in [5, 5.41) is 0. The molecule has 0 aromatic heterocycles. The normalized spacial score (nSPS) is 15.9. The van der Waals surface area contributed by atoms with Gasteiger partial charge in [0.05, 0.1) is 6.61 Å². The van der Waals surface area contributed by atoms with Crippen LogP contribution in [-0.4, -0.2) is 50.4 Å². The highest BCUT2D eigenvalue weighted by Crippen LogP contribution is 2.32. The number of rotatable bonds is 5. The molecule has 1 fully saturated rings. The molecule has 1 amide bonds. The van der Waals surface area contributed by atoms with E-state index in [2.05, 4.69) is 36.1 Å². The summed E-state index contributed by atoms with van der Waals surface area (Å²) in [5.74, 6) is 1.52. The van der Waals surface area contributed by atoms with Crippen LogP contribution in [0.5, 0.6) is 11.5 Å². The largest absolute Gasteiger partial charge is 0.454 e. The number of fused-ring (bicyclic) bond motifs is 1. The summed E-state index contributed by atoms with van der Waals surface area (Å²) in [6.45, 7) is 5.99. The molecule has 2 aliphatic rings. The lowest BCUT2D eigenvalue weighted by atomic mass is 10.1. The zero-order valence-corrected chi connectivity index (χ0v) is 15.5. The third-order valence-electron chi connectivity index (χ3n) is 5.02. The number of piperazine rings is 1. The fraction of sp³-hybridized carbons (Fsp3) is 0.381. The fourth-order valence-corrected chi connectivity index (χ4v) is 3.49. The van der Waals surface area contributed by atoms with Crippen LogP contribution in [0.15, 0.2) is 42.5 Å². The van der Waals surface area contributed by atoms with E-state index in [1.54, 1.807) is 0 Å². The van der Waals surface area contributed by atoms with E-state index in [0.29, 0.717) is 6.61 Å². The van der Waals surface area contributed by atoms with Crippen LogP contribution in [0, 0.1) is 6.92 Å². The molecule has 27 heavy (non-hydrogen) atoms. The Hall–Kier alpha value is -2.73. The molecule has 0 unspecified atom stereocenters. The van der Waals surface area contributed by atoms with E-state index in [4.69, 9.17) is 14.2 Å². The third kappa shape index (κ3) is 4.01. The van der Waals surface area contributed by atoms with Crippen molar-refractivity contribution in [1.82, 2.24) is 4.90 Å². The molecular weight excluding hydrogens is 344 g/mol. The molecule has 0 spiro atoms. The maximum absolute atomic E-state index is 12.4. The SMILES string of the molecule is Cc1ccccc1N1CCN(C(=O)COCc2ccc3c(c2)OCO3)CC1. The van der Waals surface area contributed by atoms with Gasteiger partial charge in [-0.2, -0.15) is 0 Å². The lowest BCUT2D eigenvalue weighted by Gasteiger charge is -2.36. The second-order valence-electron chi connectivity index (χ2n) is 6.83. The Morgan fingerprint density at radius 2 is 1.81 bits per heavy atom. The van der Waals surface area contributed by atoms with Gasteiger partial charge in [0, 0.05) is 31.9 Å². The topological polar surface area (TPSA) is 51.2 Å². The minimum absolute atomic E-state index is 0.0418. The lowest BCUT2D eigenvalue weighted by Crippen LogP contribution is -2.49. The highest BCUT2D eigenvalue weighted by atomic mass is 16.7. The van der Waals surface area contributed by atoms with E-state index < -0.39 is 0 Å². The summed E-state index contributed by atoms with van der Waals surface area (Å²) < 4.78 is 16.3. The molecule has 6 nitrogen and oxygen atoms in total. The molecule has 0 radical (unpaired) electrons. The van der Waals surface area contributed by atoms with E-state index in [1.807, 2.05) is 23.1 Å². The van der Waals surface area contributed by atoms with Gasteiger partial charge in [0.25, 0.3) is 0 Å². The van der Waals surface area contributed by atoms with Crippen LogP contribution in [-0.2, 0) is 16.1 Å². The van der Waals surface area contributed by atoms with Gasteiger partial charge in [0.2, 0.25) is 12.7 Å². The maximum Gasteiger partial charge on any atom is 0.248 e. The number of carbonyl (C=O) groups excluding carboxylic acids is 1. The van der Waals surface area contributed by atoms with Gasteiger partial charge in [-0.1, -0.05) is 24.3 Å². The van der Waals surface area contributed by atoms with Crippen molar-refractivity contribution < 1.29 is 19.0 Å². The number of nitrogens with zero attached hydrogens (tertiary/aromatic N) is 2. The van der Waals surface area contributed by atoms with E-state index >= 15 is 0 Å². The zero-order valence-electron chi connectivity index (χ0n) is 15.5. The van der Waals surface area contributed by atoms with Crippen LogP contribution >= 0.6 is 0 Å². The first kappa shape index (κ1) is 17.7. The summed E-state index contributed by atoms with van der Waals surface area (Å²) in [5.41, 5.74) is 3.49. The van der Waals surface area contributed by atoms with Gasteiger partial charge < -0.3 is 24.0 Å². The number of benzene rings is 2. The molecule has 2 aromatic rings. The number of aryl methyl sites for hydroxylation is 1. The predicted octanol–water partition coefficient (Wildman–Crippen LogP) is 2.59. The van der Waals surface area contributed by atoms with Crippen LogP contribution in [0.2, 0.25) is 0 Å². The van der Waals surface area contributed by atoms with Gasteiger partial charge in [0.15, 0.2) is 11.5 Å². The van der Waals surface area contributed by atoms with Gasteiger partial charge in [-0.25, -0.2) is 0 Å². The Labute approximate surface area is 159 Å². The summed E-state index contributed by atoms with van der Waals surface area (Å²) >= 11 is 0. The van der Waals surface area contributed by atoms with Crippen molar-refractivity contribution in [3.8, 4) is 11.5 Å². The second-order valence-corrected chi connectivity index (χ2v) is 6.83. The van der Waals surface area contributed by atoms with Crippen LogP contribution in [0.4, 0.5) is 5.69 Å². The van der Waals surface area contributed by atoms with Gasteiger partial charge in [0.1, 0.15) is 6.61 Å². The van der Waals surface area contributed by atoms with E-state index in [-0.39, 0.29) is 19.3 Å². The van der Waals surface area contributed by atoms with Gasteiger partial charge in [-0.3, -0.25) is 4.79 Å². The number of ether oxygens (including phenoxy) is 3. The highest BCUT2D eigenvalue weighted by Gasteiger charge is 2.22. The van der Waals surface area contributed by atoms with Crippen molar-refractivity contribution in [2.45, 2.75) is 13.5 Å². The fourth-order valence-electron chi connectivity index (χ4n) is 3.49. The van der Waals surface area contributed by atoms with E-state index in [0.717, 1.165) is 43.2 Å².